The molecule has 3 nitrogen and oxygen atoms in total. The highest BCUT2D eigenvalue weighted by molar-refractivity contribution is 9.11. The van der Waals surface area contributed by atoms with E-state index in [0.29, 0.717) is 0 Å². The Morgan fingerprint density at radius 1 is 0.433 bits per heavy atom. The lowest BCUT2D eigenvalue weighted by atomic mass is 10.0. The van der Waals surface area contributed by atoms with Crippen LogP contribution in [0.25, 0.3) is 65.4 Å². The van der Waals surface area contributed by atoms with Crippen LogP contribution >= 0.6 is 47.8 Å². The summed E-state index contributed by atoms with van der Waals surface area (Å²) in [6, 6.07) is 19.3. The van der Waals surface area contributed by atoms with Gasteiger partial charge < -0.3 is 15.0 Å². The maximum absolute atomic E-state index is 3.71. The van der Waals surface area contributed by atoms with Crippen LogP contribution in [0.5, 0.6) is 0 Å². The number of benzene rings is 4. The molecule has 3 heterocycles. The summed E-state index contributed by atoms with van der Waals surface area (Å²) in [5, 5.41) is 7.36. The van der Waals surface area contributed by atoms with Gasteiger partial charge in [0, 0.05) is 62.3 Å². The van der Waals surface area contributed by atoms with Crippen LogP contribution < -0.4 is 0 Å². The molecule has 0 aliphatic rings. The van der Waals surface area contributed by atoms with E-state index in [1.54, 1.807) is 0 Å². The smallest absolute Gasteiger partial charge is 0.0588 e. The minimum atomic E-state index is 1.07. The molecule has 0 atom stereocenters. The number of rotatable bonds is 0. The second-order valence-electron chi connectivity index (χ2n) is 7.69. The molecular formula is C24H12Br3N3. The van der Waals surface area contributed by atoms with E-state index in [1.807, 2.05) is 0 Å². The molecule has 7 aromatic rings. The van der Waals surface area contributed by atoms with Gasteiger partial charge in [-0.05, 0) is 36.4 Å². The second kappa shape index (κ2) is 5.90. The van der Waals surface area contributed by atoms with Gasteiger partial charge in [-0.15, -0.1) is 0 Å². The number of hydrogen-bond acceptors (Lipinski definition) is 0. The first-order chi connectivity index (χ1) is 14.6. The van der Waals surface area contributed by atoms with Gasteiger partial charge in [0.1, 0.15) is 0 Å². The number of fused-ring (bicyclic) bond motifs is 12. The Bertz CT molecular complexity index is 1590. The number of halogens is 3. The van der Waals surface area contributed by atoms with Crippen molar-refractivity contribution in [1.29, 1.82) is 0 Å². The monoisotopic (exact) mass is 579 g/mol. The number of aromatic nitrogens is 3. The summed E-state index contributed by atoms with van der Waals surface area (Å²) in [5.41, 5.74) is 6.85. The van der Waals surface area contributed by atoms with Crippen LogP contribution in [-0.2, 0) is 0 Å². The second-order valence-corrected chi connectivity index (χ2v) is 10.4. The van der Waals surface area contributed by atoms with E-state index in [0.717, 1.165) is 46.5 Å². The Balaban J connectivity index is 1.88. The molecule has 3 aromatic heterocycles. The first kappa shape index (κ1) is 17.4. The van der Waals surface area contributed by atoms with Gasteiger partial charge in [-0.1, -0.05) is 66.0 Å². The SMILES string of the molecule is Brc1ccc2c(c1)[nH]c1c2c2[nH]c3cc(Br)ccc3c2c2[nH]c3cc(Br)ccc3c12. The maximum Gasteiger partial charge on any atom is 0.0588 e. The molecule has 0 radical (unpaired) electrons. The number of aromatic amines is 3. The average Bonchev–Trinajstić information content (AvgIpc) is 3.36. The van der Waals surface area contributed by atoms with Crippen molar-refractivity contribution in [1.82, 2.24) is 15.0 Å². The number of H-pyrrole nitrogens is 3. The summed E-state index contributed by atoms with van der Waals surface area (Å²) in [6.45, 7) is 0. The zero-order valence-corrected chi connectivity index (χ0v) is 20.1. The van der Waals surface area contributed by atoms with Crippen molar-refractivity contribution in [3.05, 3.63) is 68.0 Å². The molecule has 0 aliphatic heterocycles. The highest BCUT2D eigenvalue weighted by Gasteiger charge is 2.20. The predicted octanol–water partition coefficient (Wildman–Crippen LogP) is 8.88. The van der Waals surface area contributed by atoms with E-state index in [4.69, 9.17) is 0 Å². The Morgan fingerprint density at radius 3 is 1.03 bits per heavy atom. The molecule has 0 spiro atoms. The van der Waals surface area contributed by atoms with Crippen molar-refractivity contribution in [2.24, 2.45) is 0 Å². The molecule has 3 N–H and O–H groups in total. The van der Waals surface area contributed by atoms with Gasteiger partial charge in [-0.2, -0.15) is 0 Å². The van der Waals surface area contributed by atoms with E-state index < -0.39 is 0 Å². The van der Waals surface area contributed by atoms with Gasteiger partial charge in [0.25, 0.3) is 0 Å². The fraction of sp³-hybridized carbons (Fsp3) is 0. The summed E-state index contributed by atoms with van der Waals surface area (Å²) >= 11 is 10.9. The van der Waals surface area contributed by atoms with Crippen molar-refractivity contribution >= 4 is 113 Å². The molecule has 4 aromatic carbocycles. The molecule has 0 unspecified atom stereocenters. The Labute approximate surface area is 195 Å². The molecule has 7 rings (SSSR count). The standard InChI is InChI=1S/C24H12Br3N3/c25-10-1-4-13-16(7-10)28-22-19(13)23-21(14-5-2-11(26)8-17(14)29-23)24-20(22)15-6-3-12(27)9-18(15)30-24/h1-9,28-30H. The van der Waals surface area contributed by atoms with Crippen molar-refractivity contribution < 1.29 is 0 Å². The molecule has 0 amide bonds. The normalized spacial score (nSPS) is 12.5. The first-order valence-electron chi connectivity index (χ1n) is 9.53. The van der Waals surface area contributed by atoms with E-state index >= 15 is 0 Å². The quantitative estimate of drug-likeness (QED) is 0.160. The predicted molar refractivity (Wildman–Crippen MR) is 138 cm³/mol. The molecular weight excluding hydrogens is 570 g/mol. The van der Waals surface area contributed by atoms with Crippen LogP contribution in [0.3, 0.4) is 0 Å². The minimum absolute atomic E-state index is 1.07. The molecule has 0 fully saturated rings. The van der Waals surface area contributed by atoms with Crippen LogP contribution in [0.4, 0.5) is 0 Å². The molecule has 0 bridgehead atoms. The van der Waals surface area contributed by atoms with Crippen LogP contribution in [0.2, 0.25) is 0 Å². The van der Waals surface area contributed by atoms with E-state index in [-0.39, 0.29) is 0 Å². The molecule has 144 valence electrons. The largest absolute Gasteiger partial charge is 0.354 e. The Hall–Kier alpha value is -2.28. The third kappa shape index (κ3) is 2.19. The lowest BCUT2D eigenvalue weighted by Gasteiger charge is -2.01. The van der Waals surface area contributed by atoms with Crippen LogP contribution in [-0.4, -0.2) is 15.0 Å². The van der Waals surface area contributed by atoms with Gasteiger partial charge in [0.05, 0.1) is 16.6 Å². The van der Waals surface area contributed by atoms with E-state index in [9.17, 15) is 0 Å². The highest BCUT2D eigenvalue weighted by Crippen LogP contribution is 2.44. The fourth-order valence-corrected chi connectivity index (χ4v) is 5.93. The van der Waals surface area contributed by atoms with Crippen molar-refractivity contribution in [2.45, 2.75) is 0 Å². The van der Waals surface area contributed by atoms with Gasteiger partial charge in [-0.3, -0.25) is 0 Å². The summed E-state index contributed by atoms with van der Waals surface area (Å²) in [5.74, 6) is 0. The van der Waals surface area contributed by atoms with E-state index in [2.05, 4.69) is 117 Å². The summed E-state index contributed by atoms with van der Waals surface area (Å²) in [7, 11) is 0. The Morgan fingerprint density at radius 2 is 0.733 bits per heavy atom. The topological polar surface area (TPSA) is 47.4 Å². The maximum atomic E-state index is 3.71. The summed E-state index contributed by atoms with van der Waals surface area (Å²) in [6.07, 6.45) is 0. The zero-order valence-electron chi connectivity index (χ0n) is 15.3. The van der Waals surface area contributed by atoms with Crippen LogP contribution in [0.1, 0.15) is 0 Å². The van der Waals surface area contributed by atoms with E-state index in [1.165, 1.54) is 32.3 Å². The Kier molecular flexibility index (Phi) is 3.42. The molecule has 6 heteroatoms. The van der Waals surface area contributed by atoms with Gasteiger partial charge in [-0.25, -0.2) is 0 Å². The summed E-state index contributed by atoms with van der Waals surface area (Å²) in [4.78, 5) is 11.1. The molecule has 0 saturated carbocycles. The van der Waals surface area contributed by atoms with Crippen molar-refractivity contribution in [3.8, 4) is 0 Å². The van der Waals surface area contributed by atoms with Gasteiger partial charge in [0.15, 0.2) is 0 Å². The third-order valence-corrected chi connectivity index (χ3v) is 7.51. The van der Waals surface area contributed by atoms with Crippen LogP contribution in [0, 0.1) is 0 Å². The lowest BCUT2D eigenvalue weighted by Crippen LogP contribution is -1.77. The van der Waals surface area contributed by atoms with Crippen molar-refractivity contribution in [2.75, 3.05) is 0 Å². The number of nitrogens with one attached hydrogen (secondary N) is 3. The number of hydrogen-bond donors (Lipinski definition) is 3. The van der Waals surface area contributed by atoms with Gasteiger partial charge in [0.2, 0.25) is 0 Å². The zero-order chi connectivity index (χ0) is 20.1. The van der Waals surface area contributed by atoms with Crippen LogP contribution in [0.15, 0.2) is 68.0 Å². The highest BCUT2D eigenvalue weighted by atomic mass is 79.9. The fourth-order valence-electron chi connectivity index (χ4n) is 4.85. The molecule has 0 aliphatic carbocycles. The minimum Gasteiger partial charge on any atom is -0.354 e. The average molecular weight is 582 g/mol. The summed E-state index contributed by atoms with van der Waals surface area (Å²) < 4.78 is 3.20. The lowest BCUT2D eigenvalue weighted by molar-refractivity contribution is 1.54. The van der Waals surface area contributed by atoms with Crippen molar-refractivity contribution in [3.63, 3.8) is 0 Å². The molecule has 30 heavy (non-hydrogen) atoms. The first-order valence-corrected chi connectivity index (χ1v) is 11.9. The van der Waals surface area contributed by atoms with Gasteiger partial charge >= 0.3 is 0 Å². The molecule has 0 saturated heterocycles. The third-order valence-electron chi connectivity index (χ3n) is 6.03.